The number of furan rings is 1. The highest BCUT2D eigenvalue weighted by Crippen LogP contribution is 2.43. The number of halogens is 1. The number of hydrogen-bond donors (Lipinski definition) is 2. The zero-order chi connectivity index (χ0) is 19.8. The van der Waals surface area contributed by atoms with Gasteiger partial charge < -0.3 is 24.5 Å². The Morgan fingerprint density at radius 1 is 1.28 bits per heavy atom. The third kappa shape index (κ3) is 6.83. The molecule has 8 heteroatoms. The Kier molecular flexibility index (Phi) is 10.2. The number of nitrogens with one attached hydrogen (secondary N) is 2. The van der Waals surface area contributed by atoms with Gasteiger partial charge in [-0.05, 0) is 43.7 Å². The van der Waals surface area contributed by atoms with Crippen LogP contribution in [-0.2, 0) is 9.47 Å². The number of morpholine rings is 1. The highest BCUT2D eigenvalue weighted by atomic mass is 127. The minimum absolute atomic E-state index is 0. The molecular formula is C21H37IN4O3. The largest absolute Gasteiger partial charge is 0.465 e. The standard InChI is InChI=1S/C21H36N4O3.HI/c1-17-5-6-19(28-17)18(25-10-13-27-14-11-25)15-23-20(22-2)24-16-21(7-4-8-21)9-12-26-3;/h5-6,18H,4,7-16H2,1-3H3,(H2,22,23,24);1H. The minimum atomic E-state index is 0. The van der Waals surface area contributed by atoms with Crippen molar-refractivity contribution in [1.82, 2.24) is 15.5 Å². The quantitative estimate of drug-likeness (QED) is 0.297. The molecular weight excluding hydrogens is 483 g/mol. The second-order valence-corrected chi connectivity index (χ2v) is 8.02. The first-order valence-corrected chi connectivity index (χ1v) is 10.5. The van der Waals surface area contributed by atoms with Gasteiger partial charge in [-0.1, -0.05) is 6.42 Å². The molecule has 2 N–H and O–H groups in total. The van der Waals surface area contributed by atoms with Crippen LogP contribution >= 0.6 is 24.0 Å². The molecule has 1 saturated carbocycles. The van der Waals surface area contributed by atoms with Crippen LogP contribution in [-0.4, -0.2) is 71.0 Å². The van der Waals surface area contributed by atoms with Crippen molar-refractivity contribution in [3.05, 3.63) is 23.7 Å². The lowest BCUT2D eigenvalue weighted by Gasteiger charge is -2.42. The maximum atomic E-state index is 5.95. The highest BCUT2D eigenvalue weighted by molar-refractivity contribution is 14.0. The number of rotatable bonds is 9. The van der Waals surface area contributed by atoms with E-state index in [0.717, 1.165) is 69.9 Å². The van der Waals surface area contributed by atoms with E-state index in [1.807, 2.05) is 20.0 Å². The van der Waals surface area contributed by atoms with Gasteiger partial charge in [0.2, 0.25) is 0 Å². The van der Waals surface area contributed by atoms with Crippen LogP contribution in [0.15, 0.2) is 21.5 Å². The van der Waals surface area contributed by atoms with Crippen LogP contribution in [0.4, 0.5) is 0 Å². The van der Waals surface area contributed by atoms with E-state index in [4.69, 9.17) is 13.9 Å². The molecule has 3 rings (SSSR count). The second kappa shape index (κ2) is 12.1. The lowest BCUT2D eigenvalue weighted by molar-refractivity contribution is 0.0124. The summed E-state index contributed by atoms with van der Waals surface area (Å²) in [6.07, 6.45) is 4.95. The third-order valence-corrected chi connectivity index (χ3v) is 6.14. The smallest absolute Gasteiger partial charge is 0.191 e. The Hall–Kier alpha value is -0.840. The SMILES string of the molecule is CN=C(NCC(c1ccc(C)o1)N1CCOCC1)NCC1(CCOC)CCC1.I. The summed E-state index contributed by atoms with van der Waals surface area (Å²) in [6.45, 7) is 7.87. The average molecular weight is 520 g/mol. The molecule has 1 unspecified atom stereocenters. The Balaban J connectivity index is 0.00000300. The van der Waals surface area contributed by atoms with Crippen molar-refractivity contribution in [1.29, 1.82) is 0 Å². The van der Waals surface area contributed by atoms with Crippen LogP contribution in [0.1, 0.15) is 43.2 Å². The van der Waals surface area contributed by atoms with Crippen molar-refractivity contribution in [3.63, 3.8) is 0 Å². The molecule has 0 radical (unpaired) electrons. The molecule has 0 bridgehead atoms. The van der Waals surface area contributed by atoms with Gasteiger partial charge in [0.1, 0.15) is 11.5 Å². The van der Waals surface area contributed by atoms with Crippen molar-refractivity contribution in [2.75, 3.05) is 60.2 Å². The molecule has 1 aromatic rings. The predicted molar refractivity (Wildman–Crippen MR) is 126 cm³/mol. The van der Waals surface area contributed by atoms with E-state index in [-0.39, 0.29) is 30.0 Å². The summed E-state index contributed by atoms with van der Waals surface area (Å²) in [5, 5.41) is 7.06. The number of methoxy groups -OCH3 is 1. The van der Waals surface area contributed by atoms with Gasteiger partial charge in [0.25, 0.3) is 0 Å². The summed E-state index contributed by atoms with van der Waals surface area (Å²) in [6, 6.07) is 4.29. The third-order valence-electron chi connectivity index (χ3n) is 6.14. The normalized spacial score (nSPS) is 20.4. The summed E-state index contributed by atoms with van der Waals surface area (Å²) < 4.78 is 16.8. The molecule has 0 aromatic carbocycles. The van der Waals surface area contributed by atoms with Gasteiger partial charge >= 0.3 is 0 Å². The van der Waals surface area contributed by atoms with Gasteiger partial charge in [-0.3, -0.25) is 9.89 Å². The summed E-state index contributed by atoms with van der Waals surface area (Å²) >= 11 is 0. The molecule has 1 atom stereocenters. The van der Waals surface area contributed by atoms with Crippen LogP contribution < -0.4 is 10.6 Å². The van der Waals surface area contributed by atoms with Crippen molar-refractivity contribution >= 4 is 29.9 Å². The number of nitrogens with zero attached hydrogens (tertiary/aromatic N) is 2. The van der Waals surface area contributed by atoms with Crippen LogP contribution in [0.2, 0.25) is 0 Å². The zero-order valence-corrected chi connectivity index (χ0v) is 20.4. The molecule has 1 aromatic heterocycles. The molecule has 1 saturated heterocycles. The predicted octanol–water partition coefficient (Wildman–Crippen LogP) is 2.95. The Labute approximate surface area is 192 Å². The van der Waals surface area contributed by atoms with Gasteiger partial charge in [0.15, 0.2) is 5.96 Å². The van der Waals surface area contributed by atoms with Crippen molar-refractivity contribution in [2.24, 2.45) is 10.4 Å². The van der Waals surface area contributed by atoms with Gasteiger partial charge in [-0.25, -0.2) is 0 Å². The minimum Gasteiger partial charge on any atom is -0.465 e. The van der Waals surface area contributed by atoms with E-state index in [9.17, 15) is 0 Å². The molecule has 2 aliphatic rings. The van der Waals surface area contributed by atoms with E-state index in [1.165, 1.54) is 19.3 Å². The van der Waals surface area contributed by atoms with Gasteiger partial charge in [-0.15, -0.1) is 24.0 Å². The number of aliphatic imine (C=N–C) groups is 1. The number of aryl methyl sites for hydroxylation is 1. The molecule has 2 heterocycles. The molecule has 2 fully saturated rings. The fourth-order valence-corrected chi connectivity index (χ4v) is 4.13. The van der Waals surface area contributed by atoms with E-state index in [2.05, 4.69) is 26.6 Å². The summed E-state index contributed by atoms with van der Waals surface area (Å²) in [5.74, 6) is 2.80. The first kappa shape index (κ1) is 24.4. The Bertz CT molecular complexity index is 627. The molecule has 0 amide bonds. The van der Waals surface area contributed by atoms with Gasteiger partial charge in [-0.2, -0.15) is 0 Å². The second-order valence-electron chi connectivity index (χ2n) is 8.02. The van der Waals surface area contributed by atoms with Crippen LogP contribution in [0.3, 0.4) is 0 Å². The van der Waals surface area contributed by atoms with Crippen molar-refractivity contribution in [3.8, 4) is 0 Å². The maximum Gasteiger partial charge on any atom is 0.191 e. The van der Waals surface area contributed by atoms with Crippen LogP contribution in [0, 0.1) is 12.3 Å². The fourth-order valence-electron chi connectivity index (χ4n) is 4.13. The van der Waals surface area contributed by atoms with Gasteiger partial charge in [0.05, 0.1) is 19.3 Å². The molecule has 166 valence electrons. The zero-order valence-electron chi connectivity index (χ0n) is 18.0. The summed E-state index contributed by atoms with van der Waals surface area (Å²) in [7, 11) is 3.61. The first-order chi connectivity index (χ1) is 13.7. The van der Waals surface area contributed by atoms with E-state index in [0.29, 0.717) is 5.41 Å². The molecule has 29 heavy (non-hydrogen) atoms. The Morgan fingerprint density at radius 3 is 2.59 bits per heavy atom. The fraction of sp³-hybridized carbons (Fsp3) is 0.762. The number of guanidine groups is 1. The van der Waals surface area contributed by atoms with E-state index in [1.54, 1.807) is 7.11 Å². The van der Waals surface area contributed by atoms with Gasteiger partial charge in [0, 0.05) is 46.9 Å². The van der Waals surface area contributed by atoms with E-state index < -0.39 is 0 Å². The number of hydrogen-bond acceptors (Lipinski definition) is 5. The van der Waals surface area contributed by atoms with Crippen molar-refractivity contribution < 1.29 is 13.9 Å². The van der Waals surface area contributed by atoms with Crippen molar-refractivity contribution in [2.45, 2.75) is 38.6 Å². The van der Waals surface area contributed by atoms with Crippen LogP contribution in [0.25, 0.3) is 0 Å². The van der Waals surface area contributed by atoms with E-state index >= 15 is 0 Å². The Morgan fingerprint density at radius 2 is 2.03 bits per heavy atom. The molecule has 1 aliphatic heterocycles. The summed E-state index contributed by atoms with van der Waals surface area (Å²) in [5.41, 5.74) is 0.357. The molecule has 1 aliphatic carbocycles. The lowest BCUT2D eigenvalue weighted by Crippen LogP contribution is -2.49. The molecule has 0 spiro atoms. The van der Waals surface area contributed by atoms with Crippen LogP contribution in [0.5, 0.6) is 0 Å². The highest BCUT2D eigenvalue weighted by Gasteiger charge is 2.36. The topological polar surface area (TPSA) is 71.3 Å². The maximum absolute atomic E-state index is 5.95. The summed E-state index contributed by atoms with van der Waals surface area (Å²) in [4.78, 5) is 6.86. The number of ether oxygens (including phenoxy) is 2. The first-order valence-electron chi connectivity index (χ1n) is 10.5. The average Bonchev–Trinajstić information content (AvgIpc) is 3.12. The monoisotopic (exact) mass is 520 g/mol. The molecule has 7 nitrogen and oxygen atoms in total. The lowest BCUT2D eigenvalue weighted by atomic mass is 9.67.